The van der Waals surface area contributed by atoms with Crippen LogP contribution in [-0.4, -0.2) is 40.6 Å². The van der Waals surface area contributed by atoms with Crippen molar-refractivity contribution in [2.24, 2.45) is 22.2 Å². The zero-order valence-electron chi connectivity index (χ0n) is 13.0. The minimum Gasteiger partial charge on any atom is -0.508 e. The quantitative estimate of drug-likeness (QED) is 0.153. The molecule has 24 heavy (non-hydrogen) atoms. The van der Waals surface area contributed by atoms with Gasteiger partial charge in [0.1, 0.15) is 11.4 Å². The number of aliphatic imine (C=N–C) groups is 1. The summed E-state index contributed by atoms with van der Waals surface area (Å²) in [6.45, 7) is 0.203. The predicted octanol–water partition coefficient (Wildman–Crippen LogP) is -0.990. The molecule has 0 unspecified atom stereocenters. The van der Waals surface area contributed by atoms with Crippen molar-refractivity contribution in [3.63, 3.8) is 0 Å². The van der Waals surface area contributed by atoms with Gasteiger partial charge in [-0.15, -0.1) is 0 Å². The van der Waals surface area contributed by atoms with Crippen LogP contribution in [0.3, 0.4) is 0 Å². The number of phenols is 1. The van der Waals surface area contributed by atoms with Gasteiger partial charge in [0.25, 0.3) is 0 Å². The number of carbonyl (C=O) groups excluding carboxylic acids is 1. The SMILES string of the molecule is NC(N)=NCC/C=C(\NC(=O)[C@@H](N)Cc1ccc(O)cc1)C(=O)O. The number of carboxylic acids is 1. The van der Waals surface area contributed by atoms with Crippen LogP contribution >= 0.6 is 0 Å². The number of hydrogen-bond donors (Lipinski definition) is 6. The van der Waals surface area contributed by atoms with Crippen molar-refractivity contribution in [2.45, 2.75) is 18.9 Å². The molecule has 1 rings (SSSR count). The first-order chi connectivity index (χ1) is 11.3. The maximum absolute atomic E-state index is 12.0. The molecule has 0 aromatic heterocycles. The molecule has 9 heteroatoms. The predicted molar refractivity (Wildman–Crippen MR) is 88.9 cm³/mol. The van der Waals surface area contributed by atoms with Crippen LogP contribution in [0.4, 0.5) is 0 Å². The van der Waals surface area contributed by atoms with Crippen molar-refractivity contribution in [2.75, 3.05) is 6.54 Å². The van der Waals surface area contributed by atoms with Crippen LogP contribution < -0.4 is 22.5 Å². The van der Waals surface area contributed by atoms with Crippen molar-refractivity contribution in [3.05, 3.63) is 41.6 Å². The molecule has 0 aliphatic carbocycles. The summed E-state index contributed by atoms with van der Waals surface area (Å²) >= 11 is 0. The Morgan fingerprint density at radius 3 is 2.42 bits per heavy atom. The Morgan fingerprint density at radius 1 is 1.25 bits per heavy atom. The zero-order chi connectivity index (χ0) is 18.1. The third-order valence-corrected chi connectivity index (χ3v) is 2.99. The fourth-order valence-corrected chi connectivity index (χ4v) is 1.80. The number of benzene rings is 1. The molecule has 0 aliphatic rings. The van der Waals surface area contributed by atoms with E-state index < -0.39 is 17.9 Å². The number of rotatable bonds is 8. The van der Waals surface area contributed by atoms with Gasteiger partial charge in [-0.25, -0.2) is 4.79 Å². The van der Waals surface area contributed by atoms with Gasteiger partial charge in [-0.05, 0) is 30.5 Å². The molecule has 0 saturated heterocycles. The Balaban J connectivity index is 2.63. The molecule has 9 nitrogen and oxygen atoms in total. The second kappa shape index (κ2) is 9.16. The Kier molecular flexibility index (Phi) is 7.24. The van der Waals surface area contributed by atoms with Gasteiger partial charge in [0.15, 0.2) is 5.96 Å². The van der Waals surface area contributed by atoms with Gasteiger partial charge in [0.2, 0.25) is 5.91 Å². The van der Waals surface area contributed by atoms with E-state index in [0.29, 0.717) is 0 Å². The lowest BCUT2D eigenvalue weighted by Crippen LogP contribution is -2.42. The van der Waals surface area contributed by atoms with Crippen molar-refractivity contribution >= 4 is 17.8 Å². The molecule has 0 radical (unpaired) electrons. The molecule has 9 N–H and O–H groups in total. The molecule has 0 saturated carbocycles. The number of nitrogens with two attached hydrogens (primary N) is 3. The van der Waals surface area contributed by atoms with Crippen LogP contribution in [0.25, 0.3) is 0 Å². The molecule has 0 bridgehead atoms. The van der Waals surface area contributed by atoms with Crippen LogP contribution in [0.1, 0.15) is 12.0 Å². The van der Waals surface area contributed by atoms with Gasteiger partial charge in [0, 0.05) is 6.54 Å². The van der Waals surface area contributed by atoms with E-state index >= 15 is 0 Å². The van der Waals surface area contributed by atoms with E-state index in [-0.39, 0.29) is 36.8 Å². The van der Waals surface area contributed by atoms with E-state index in [1.165, 1.54) is 18.2 Å². The fraction of sp³-hybridized carbons (Fsp3) is 0.267. The minimum atomic E-state index is -1.29. The number of nitrogens with zero attached hydrogens (tertiary/aromatic N) is 1. The number of amides is 1. The number of carbonyl (C=O) groups is 2. The molecular weight excluding hydrogens is 314 g/mol. The first-order valence-electron chi connectivity index (χ1n) is 7.12. The number of hydrogen-bond acceptors (Lipinski definition) is 5. The smallest absolute Gasteiger partial charge is 0.352 e. The summed E-state index contributed by atoms with van der Waals surface area (Å²) in [5, 5.41) is 20.6. The lowest BCUT2D eigenvalue weighted by molar-refractivity contribution is -0.134. The van der Waals surface area contributed by atoms with E-state index in [9.17, 15) is 14.7 Å². The Hall–Kier alpha value is -3.07. The number of guanidine groups is 1. The second-order valence-corrected chi connectivity index (χ2v) is 4.98. The molecule has 1 aromatic rings. The van der Waals surface area contributed by atoms with E-state index in [2.05, 4.69) is 10.3 Å². The van der Waals surface area contributed by atoms with Crippen molar-refractivity contribution in [1.29, 1.82) is 0 Å². The summed E-state index contributed by atoms with van der Waals surface area (Å²) in [6, 6.07) is 5.28. The molecule has 1 atom stereocenters. The number of phenolic OH excluding ortho intramolecular Hbond substituents is 1. The summed E-state index contributed by atoms with van der Waals surface area (Å²) < 4.78 is 0. The summed E-state index contributed by atoms with van der Waals surface area (Å²) in [6.07, 6.45) is 1.75. The Labute approximate surface area is 138 Å². The first kappa shape index (κ1) is 19.0. The summed E-state index contributed by atoms with van der Waals surface area (Å²) in [5.74, 6) is -1.91. The largest absolute Gasteiger partial charge is 0.508 e. The van der Waals surface area contributed by atoms with Crippen molar-refractivity contribution < 1.29 is 19.8 Å². The third kappa shape index (κ3) is 6.79. The lowest BCUT2D eigenvalue weighted by atomic mass is 10.1. The number of aromatic hydroxyl groups is 1. The molecular formula is C15H21N5O4. The molecule has 0 heterocycles. The van der Waals surface area contributed by atoms with Gasteiger partial charge in [-0.2, -0.15) is 0 Å². The highest BCUT2D eigenvalue weighted by Gasteiger charge is 2.18. The van der Waals surface area contributed by atoms with Gasteiger partial charge in [-0.3, -0.25) is 9.79 Å². The van der Waals surface area contributed by atoms with E-state index in [0.717, 1.165) is 5.56 Å². The standard InChI is InChI=1S/C15H21N5O4/c16-11(8-9-3-5-10(21)6-4-9)13(22)20-12(14(23)24)2-1-7-19-15(17)18/h2-6,11,21H,1,7-8,16H2,(H,20,22)(H,23,24)(H4,17,18,19)/b12-2-/t11-/m0/s1. The average Bonchev–Trinajstić information content (AvgIpc) is 2.51. The molecule has 1 aromatic carbocycles. The molecule has 0 spiro atoms. The highest BCUT2D eigenvalue weighted by atomic mass is 16.4. The lowest BCUT2D eigenvalue weighted by Gasteiger charge is -2.13. The topological polar surface area (TPSA) is 177 Å². The van der Waals surface area contributed by atoms with E-state index in [1.807, 2.05) is 0 Å². The van der Waals surface area contributed by atoms with Gasteiger partial charge in [0.05, 0.1) is 6.04 Å². The molecule has 1 amide bonds. The average molecular weight is 335 g/mol. The van der Waals surface area contributed by atoms with Crippen molar-refractivity contribution in [1.82, 2.24) is 5.32 Å². The highest BCUT2D eigenvalue weighted by molar-refractivity contribution is 5.94. The Morgan fingerprint density at radius 2 is 1.88 bits per heavy atom. The summed E-state index contributed by atoms with van der Waals surface area (Å²) in [4.78, 5) is 26.9. The van der Waals surface area contributed by atoms with Crippen LogP contribution in [0, 0.1) is 0 Å². The third-order valence-electron chi connectivity index (χ3n) is 2.99. The number of nitrogens with one attached hydrogen (secondary N) is 1. The van der Waals surface area contributed by atoms with E-state index in [1.54, 1.807) is 12.1 Å². The first-order valence-corrected chi connectivity index (χ1v) is 7.12. The normalized spacial score (nSPS) is 12.3. The zero-order valence-corrected chi connectivity index (χ0v) is 13.0. The maximum Gasteiger partial charge on any atom is 0.352 e. The second-order valence-electron chi connectivity index (χ2n) is 4.98. The number of carboxylic acid groups (broad SMARTS) is 1. The minimum absolute atomic E-state index is 0.0970. The van der Waals surface area contributed by atoms with Crippen LogP contribution in [-0.2, 0) is 16.0 Å². The van der Waals surface area contributed by atoms with Crippen molar-refractivity contribution in [3.8, 4) is 5.75 Å². The highest BCUT2D eigenvalue weighted by Crippen LogP contribution is 2.11. The monoisotopic (exact) mass is 335 g/mol. The molecule has 0 fully saturated rings. The summed E-state index contributed by atoms with van der Waals surface area (Å²) in [7, 11) is 0. The molecule has 130 valence electrons. The maximum atomic E-state index is 12.0. The van der Waals surface area contributed by atoms with Crippen LogP contribution in [0.2, 0.25) is 0 Å². The van der Waals surface area contributed by atoms with Crippen LogP contribution in [0.15, 0.2) is 41.0 Å². The number of aliphatic carboxylic acids is 1. The van der Waals surface area contributed by atoms with Gasteiger partial charge < -0.3 is 32.7 Å². The molecule has 0 aliphatic heterocycles. The van der Waals surface area contributed by atoms with Gasteiger partial charge in [-0.1, -0.05) is 18.2 Å². The fourth-order valence-electron chi connectivity index (χ4n) is 1.80. The van der Waals surface area contributed by atoms with Crippen LogP contribution in [0.5, 0.6) is 5.75 Å². The Bertz CT molecular complexity index is 636. The van der Waals surface area contributed by atoms with Gasteiger partial charge >= 0.3 is 5.97 Å². The van der Waals surface area contributed by atoms with E-state index in [4.69, 9.17) is 22.3 Å². The summed E-state index contributed by atoms with van der Waals surface area (Å²) in [5.41, 5.74) is 16.6.